The minimum atomic E-state index is -0.575. The summed E-state index contributed by atoms with van der Waals surface area (Å²) >= 11 is 2.69. The summed E-state index contributed by atoms with van der Waals surface area (Å²) in [5.41, 5.74) is 1.63. The molecule has 1 aliphatic rings. The molecule has 0 spiro atoms. The molecule has 1 aliphatic carbocycles. The standard InChI is InChI=1S/C22H24N4O4S2/c1-3-30-14-10-8-13(9-11-14)26-20(28)18-15-6-4-5-7-16(15)32-19(18)25-22(26)31-12-17(27)24-21(29)23-2/h8-11H,3-7,12H2,1-2H3,(H2,23,24,27,29). The van der Waals surface area contributed by atoms with E-state index in [1.807, 2.05) is 31.2 Å². The molecule has 3 aromatic rings. The fourth-order valence-electron chi connectivity index (χ4n) is 3.72. The number of rotatable bonds is 6. The number of urea groups is 1. The SMILES string of the molecule is CCOc1ccc(-n2c(SCC(=O)NC(=O)NC)nc3sc4c(c3c2=O)CCCC4)cc1. The number of amides is 3. The third-order valence-electron chi connectivity index (χ3n) is 5.18. The van der Waals surface area contributed by atoms with Crippen LogP contribution in [0.15, 0.2) is 34.2 Å². The van der Waals surface area contributed by atoms with Crippen LogP contribution in [-0.4, -0.2) is 40.9 Å². The van der Waals surface area contributed by atoms with Crippen LogP contribution >= 0.6 is 23.1 Å². The van der Waals surface area contributed by atoms with Gasteiger partial charge in [-0.3, -0.25) is 19.5 Å². The number of aromatic nitrogens is 2. The summed E-state index contributed by atoms with van der Waals surface area (Å²) in [5.74, 6) is 0.200. The van der Waals surface area contributed by atoms with Gasteiger partial charge in [0.15, 0.2) is 5.16 Å². The second kappa shape index (κ2) is 9.74. The number of carbonyl (C=O) groups excluding carboxylic acids is 2. The lowest BCUT2D eigenvalue weighted by Gasteiger charge is -2.14. The fourth-order valence-corrected chi connectivity index (χ4v) is 5.84. The van der Waals surface area contributed by atoms with Crippen LogP contribution < -0.4 is 20.9 Å². The van der Waals surface area contributed by atoms with Crippen molar-refractivity contribution in [1.82, 2.24) is 20.2 Å². The number of thioether (sulfide) groups is 1. The van der Waals surface area contributed by atoms with E-state index in [2.05, 4.69) is 10.6 Å². The summed E-state index contributed by atoms with van der Waals surface area (Å²) in [6, 6.07) is 6.67. The Hall–Kier alpha value is -2.85. The molecule has 0 atom stereocenters. The highest BCUT2D eigenvalue weighted by atomic mass is 32.2. The number of ether oxygens (including phenoxy) is 1. The maximum Gasteiger partial charge on any atom is 0.321 e. The van der Waals surface area contributed by atoms with Crippen molar-refractivity contribution in [3.63, 3.8) is 0 Å². The summed E-state index contributed by atoms with van der Waals surface area (Å²) in [6.07, 6.45) is 4.04. The number of hydrogen-bond donors (Lipinski definition) is 2. The predicted molar refractivity (Wildman–Crippen MR) is 126 cm³/mol. The van der Waals surface area contributed by atoms with Gasteiger partial charge in [-0.1, -0.05) is 11.8 Å². The zero-order valence-corrected chi connectivity index (χ0v) is 19.5. The Balaban J connectivity index is 1.78. The molecule has 0 aliphatic heterocycles. The summed E-state index contributed by atoms with van der Waals surface area (Å²) < 4.78 is 7.07. The Morgan fingerprint density at radius 1 is 1.22 bits per heavy atom. The maximum absolute atomic E-state index is 13.7. The van der Waals surface area contributed by atoms with Gasteiger partial charge in [-0.25, -0.2) is 9.78 Å². The highest BCUT2D eigenvalue weighted by Gasteiger charge is 2.23. The van der Waals surface area contributed by atoms with Crippen LogP contribution in [0.2, 0.25) is 0 Å². The van der Waals surface area contributed by atoms with E-state index in [0.717, 1.165) is 43.0 Å². The van der Waals surface area contributed by atoms with E-state index in [1.165, 1.54) is 11.9 Å². The minimum Gasteiger partial charge on any atom is -0.494 e. The molecule has 168 valence electrons. The Kier molecular flexibility index (Phi) is 6.80. The monoisotopic (exact) mass is 472 g/mol. The van der Waals surface area contributed by atoms with Gasteiger partial charge < -0.3 is 10.1 Å². The molecule has 32 heavy (non-hydrogen) atoms. The zero-order chi connectivity index (χ0) is 22.7. The summed E-state index contributed by atoms with van der Waals surface area (Å²) in [7, 11) is 1.44. The first-order valence-corrected chi connectivity index (χ1v) is 12.3. The van der Waals surface area contributed by atoms with Gasteiger partial charge in [-0.2, -0.15) is 0 Å². The van der Waals surface area contributed by atoms with Crippen LogP contribution in [0.4, 0.5) is 4.79 Å². The van der Waals surface area contributed by atoms with E-state index in [1.54, 1.807) is 15.9 Å². The number of nitrogens with zero attached hydrogens (tertiary/aromatic N) is 2. The topological polar surface area (TPSA) is 102 Å². The van der Waals surface area contributed by atoms with Crippen LogP contribution in [0.5, 0.6) is 5.75 Å². The van der Waals surface area contributed by atoms with Crippen molar-refractivity contribution in [2.75, 3.05) is 19.4 Å². The van der Waals surface area contributed by atoms with Crippen molar-refractivity contribution >= 4 is 45.3 Å². The Bertz CT molecular complexity index is 1220. The van der Waals surface area contributed by atoms with Crippen molar-refractivity contribution < 1.29 is 14.3 Å². The molecule has 10 heteroatoms. The largest absolute Gasteiger partial charge is 0.494 e. The van der Waals surface area contributed by atoms with E-state index in [-0.39, 0.29) is 11.3 Å². The molecule has 0 radical (unpaired) electrons. The lowest BCUT2D eigenvalue weighted by Crippen LogP contribution is -2.38. The van der Waals surface area contributed by atoms with E-state index in [9.17, 15) is 14.4 Å². The lowest BCUT2D eigenvalue weighted by molar-refractivity contribution is -0.117. The first kappa shape index (κ1) is 22.3. The molecule has 0 fully saturated rings. The van der Waals surface area contributed by atoms with Gasteiger partial charge >= 0.3 is 6.03 Å². The van der Waals surface area contributed by atoms with Gasteiger partial charge in [0.1, 0.15) is 10.6 Å². The lowest BCUT2D eigenvalue weighted by atomic mass is 9.97. The quantitative estimate of drug-likeness (QED) is 0.422. The highest BCUT2D eigenvalue weighted by molar-refractivity contribution is 7.99. The van der Waals surface area contributed by atoms with Crippen LogP contribution in [0.3, 0.4) is 0 Å². The molecule has 2 heterocycles. The smallest absolute Gasteiger partial charge is 0.321 e. The number of imide groups is 1. The number of thiophene rings is 1. The molecule has 2 aromatic heterocycles. The van der Waals surface area contributed by atoms with E-state index in [0.29, 0.717) is 33.4 Å². The van der Waals surface area contributed by atoms with Gasteiger partial charge in [0.2, 0.25) is 5.91 Å². The van der Waals surface area contributed by atoms with Crippen molar-refractivity contribution in [2.24, 2.45) is 0 Å². The highest BCUT2D eigenvalue weighted by Crippen LogP contribution is 2.35. The summed E-state index contributed by atoms with van der Waals surface area (Å²) in [4.78, 5) is 44.0. The van der Waals surface area contributed by atoms with E-state index >= 15 is 0 Å². The average molecular weight is 473 g/mol. The molecular formula is C22H24N4O4S2. The second-order valence-corrected chi connectivity index (χ2v) is 9.30. The number of aryl methyl sites for hydroxylation is 2. The van der Waals surface area contributed by atoms with Crippen LogP contribution in [0, 0.1) is 0 Å². The minimum absolute atomic E-state index is 0.0481. The molecule has 3 amide bonds. The van der Waals surface area contributed by atoms with E-state index in [4.69, 9.17) is 9.72 Å². The molecular weight excluding hydrogens is 448 g/mol. The van der Waals surface area contributed by atoms with Gasteiger partial charge in [0.05, 0.1) is 23.4 Å². The summed E-state index contributed by atoms with van der Waals surface area (Å²) in [5, 5.41) is 5.67. The molecule has 2 N–H and O–H groups in total. The third kappa shape index (κ3) is 4.51. The summed E-state index contributed by atoms with van der Waals surface area (Å²) in [6.45, 7) is 2.46. The first-order valence-electron chi connectivity index (χ1n) is 10.5. The second-order valence-electron chi connectivity index (χ2n) is 7.27. The molecule has 0 unspecified atom stereocenters. The molecule has 0 saturated carbocycles. The predicted octanol–water partition coefficient (Wildman–Crippen LogP) is 3.27. The first-order chi connectivity index (χ1) is 15.5. The van der Waals surface area contributed by atoms with Crippen molar-refractivity contribution in [3.8, 4) is 11.4 Å². The van der Waals surface area contributed by atoms with Crippen molar-refractivity contribution in [3.05, 3.63) is 45.1 Å². The zero-order valence-electron chi connectivity index (χ0n) is 17.9. The number of carbonyl (C=O) groups is 2. The van der Waals surface area contributed by atoms with Gasteiger partial charge in [-0.05, 0) is 62.4 Å². The molecule has 0 bridgehead atoms. The van der Waals surface area contributed by atoms with Gasteiger partial charge in [0, 0.05) is 11.9 Å². The molecule has 4 rings (SSSR count). The number of hydrogen-bond acceptors (Lipinski definition) is 7. The maximum atomic E-state index is 13.7. The fraction of sp³-hybridized carbons (Fsp3) is 0.364. The average Bonchev–Trinajstić information content (AvgIpc) is 3.17. The molecule has 8 nitrogen and oxygen atoms in total. The number of fused-ring (bicyclic) bond motifs is 3. The normalized spacial score (nSPS) is 12.9. The van der Waals surface area contributed by atoms with E-state index < -0.39 is 11.9 Å². The van der Waals surface area contributed by atoms with Crippen LogP contribution in [0.25, 0.3) is 15.9 Å². The van der Waals surface area contributed by atoms with Gasteiger partial charge in [0.25, 0.3) is 5.56 Å². The molecule has 0 saturated heterocycles. The number of benzene rings is 1. The Morgan fingerprint density at radius 2 is 1.97 bits per heavy atom. The molecule has 1 aromatic carbocycles. The van der Waals surface area contributed by atoms with Crippen molar-refractivity contribution in [2.45, 2.75) is 37.8 Å². The number of nitrogens with one attached hydrogen (secondary N) is 2. The Labute approximate surface area is 193 Å². The third-order valence-corrected chi connectivity index (χ3v) is 7.30. The van der Waals surface area contributed by atoms with Crippen molar-refractivity contribution in [1.29, 1.82) is 0 Å². The van der Waals surface area contributed by atoms with Crippen LogP contribution in [0.1, 0.15) is 30.2 Å². The van der Waals surface area contributed by atoms with Crippen LogP contribution in [-0.2, 0) is 17.6 Å². The van der Waals surface area contributed by atoms with Gasteiger partial charge in [-0.15, -0.1) is 11.3 Å². The Morgan fingerprint density at radius 3 is 2.69 bits per heavy atom.